The Hall–Kier alpha value is -2.01. The predicted octanol–water partition coefficient (Wildman–Crippen LogP) is 2.02. The maximum absolute atomic E-state index is 4.51. The van der Waals surface area contributed by atoms with Crippen LogP contribution < -0.4 is 4.80 Å². The molecule has 16 heavy (non-hydrogen) atoms. The molecule has 0 unspecified atom stereocenters. The fourth-order valence-electron chi connectivity index (χ4n) is 1.41. The highest BCUT2D eigenvalue weighted by molar-refractivity contribution is 7.03. The Morgan fingerprint density at radius 2 is 2.00 bits per heavy atom. The minimum absolute atomic E-state index is 0.863. The van der Waals surface area contributed by atoms with Crippen LogP contribution in [-0.2, 0) is 0 Å². The Labute approximate surface area is 95.7 Å². The number of aromatic nitrogens is 3. The van der Waals surface area contributed by atoms with Crippen molar-refractivity contribution in [2.24, 2.45) is 4.99 Å². The van der Waals surface area contributed by atoms with Gasteiger partial charge in [-0.05, 0) is 24.3 Å². The van der Waals surface area contributed by atoms with Crippen molar-refractivity contribution in [2.75, 3.05) is 0 Å². The minimum Gasteiger partial charge on any atom is -0.275 e. The lowest BCUT2D eigenvalue weighted by atomic mass is 10.4. The van der Waals surface area contributed by atoms with Gasteiger partial charge in [0.2, 0.25) is 4.80 Å². The molecule has 78 valence electrons. The van der Waals surface area contributed by atoms with Crippen LogP contribution in [0.3, 0.4) is 0 Å². The van der Waals surface area contributed by atoms with Crippen molar-refractivity contribution in [1.29, 1.82) is 0 Å². The molecule has 3 rings (SSSR count). The summed E-state index contributed by atoms with van der Waals surface area (Å²) in [4.78, 5) is 9.33. The number of hydrogen-bond donors (Lipinski definition) is 0. The van der Waals surface area contributed by atoms with Gasteiger partial charge in [0, 0.05) is 30.1 Å². The molecule has 0 aliphatic heterocycles. The first kappa shape index (κ1) is 9.23. The van der Waals surface area contributed by atoms with E-state index in [2.05, 4.69) is 14.3 Å². The summed E-state index contributed by atoms with van der Waals surface area (Å²) in [6.07, 6.45) is 5.41. The fourth-order valence-corrected chi connectivity index (χ4v) is 2.12. The molecule has 0 bridgehead atoms. The van der Waals surface area contributed by atoms with E-state index in [1.807, 2.05) is 40.9 Å². The third-order valence-electron chi connectivity index (χ3n) is 2.15. The molecule has 4 nitrogen and oxygen atoms in total. The first-order valence-electron chi connectivity index (χ1n) is 4.81. The van der Waals surface area contributed by atoms with Crippen LogP contribution >= 0.6 is 11.5 Å². The van der Waals surface area contributed by atoms with Crippen LogP contribution in [0.4, 0.5) is 5.69 Å². The van der Waals surface area contributed by atoms with Gasteiger partial charge in [0.15, 0.2) is 5.65 Å². The zero-order valence-corrected chi connectivity index (χ0v) is 9.13. The first-order chi connectivity index (χ1) is 7.93. The maximum Gasteiger partial charge on any atom is 0.213 e. The molecule has 0 atom stereocenters. The third-order valence-corrected chi connectivity index (χ3v) is 2.88. The summed E-state index contributed by atoms with van der Waals surface area (Å²) >= 11 is 1.38. The molecule has 0 spiro atoms. The van der Waals surface area contributed by atoms with E-state index in [9.17, 15) is 0 Å². The van der Waals surface area contributed by atoms with Crippen molar-refractivity contribution in [3.63, 3.8) is 0 Å². The molecule has 0 aliphatic carbocycles. The predicted molar refractivity (Wildman–Crippen MR) is 62.5 cm³/mol. The van der Waals surface area contributed by atoms with E-state index in [4.69, 9.17) is 0 Å². The van der Waals surface area contributed by atoms with E-state index in [0.29, 0.717) is 0 Å². The molecule has 0 fully saturated rings. The molecule has 0 amide bonds. The van der Waals surface area contributed by atoms with Gasteiger partial charge in [0.25, 0.3) is 0 Å². The second-order valence-electron chi connectivity index (χ2n) is 3.21. The summed E-state index contributed by atoms with van der Waals surface area (Å²) < 4.78 is 6.27. The standard InChI is InChI=1S/C11H8N4S/c1-2-8-15-10(3-1)14-16-11(15)13-9-4-6-12-7-5-9/h1-8H/b13-11-. The molecule has 3 aromatic heterocycles. The fraction of sp³-hybridized carbons (Fsp3) is 0. The molecule has 3 heterocycles. The van der Waals surface area contributed by atoms with E-state index in [-0.39, 0.29) is 0 Å². The molecule has 5 heteroatoms. The van der Waals surface area contributed by atoms with Crippen LogP contribution in [0, 0.1) is 0 Å². The average Bonchev–Trinajstić information content (AvgIpc) is 2.74. The van der Waals surface area contributed by atoms with Gasteiger partial charge in [0.1, 0.15) is 0 Å². The lowest BCUT2D eigenvalue weighted by molar-refractivity contribution is 1.09. The Morgan fingerprint density at radius 3 is 2.88 bits per heavy atom. The SMILES string of the molecule is c1ccn2/c(=N/c3ccncc3)snc2c1. The van der Waals surface area contributed by atoms with Gasteiger partial charge in [-0.3, -0.25) is 9.38 Å². The molecule has 0 saturated heterocycles. The van der Waals surface area contributed by atoms with Crippen molar-refractivity contribution in [1.82, 2.24) is 13.8 Å². The topological polar surface area (TPSA) is 42.5 Å². The highest BCUT2D eigenvalue weighted by atomic mass is 32.1. The van der Waals surface area contributed by atoms with Crippen LogP contribution in [0.2, 0.25) is 0 Å². The molecule has 3 aromatic rings. The monoisotopic (exact) mass is 228 g/mol. The zero-order chi connectivity index (χ0) is 10.8. The lowest BCUT2D eigenvalue weighted by Gasteiger charge is -1.91. The second kappa shape index (κ2) is 3.86. The van der Waals surface area contributed by atoms with Crippen LogP contribution in [0.25, 0.3) is 5.65 Å². The maximum atomic E-state index is 4.51. The van der Waals surface area contributed by atoms with Crippen LogP contribution in [-0.4, -0.2) is 13.8 Å². The zero-order valence-electron chi connectivity index (χ0n) is 8.32. The molecule has 0 saturated carbocycles. The Morgan fingerprint density at radius 1 is 1.12 bits per heavy atom. The molecule has 0 N–H and O–H groups in total. The van der Waals surface area contributed by atoms with E-state index in [1.54, 1.807) is 12.4 Å². The molecular formula is C11H8N4S. The van der Waals surface area contributed by atoms with Gasteiger partial charge in [-0.2, -0.15) is 4.37 Å². The van der Waals surface area contributed by atoms with Crippen molar-refractivity contribution >= 4 is 22.9 Å². The summed E-state index contributed by atoms with van der Waals surface area (Å²) in [5.41, 5.74) is 1.80. The van der Waals surface area contributed by atoms with Crippen LogP contribution in [0.5, 0.6) is 0 Å². The summed E-state index contributed by atoms with van der Waals surface area (Å²) in [6.45, 7) is 0. The lowest BCUT2D eigenvalue weighted by Crippen LogP contribution is -2.04. The van der Waals surface area contributed by atoms with Gasteiger partial charge in [0.05, 0.1) is 5.69 Å². The van der Waals surface area contributed by atoms with E-state index in [1.165, 1.54) is 11.5 Å². The number of rotatable bonds is 1. The number of hydrogen-bond acceptors (Lipinski definition) is 4. The van der Waals surface area contributed by atoms with Crippen molar-refractivity contribution in [2.45, 2.75) is 0 Å². The third kappa shape index (κ3) is 1.61. The highest BCUT2D eigenvalue weighted by Gasteiger charge is 1.96. The Balaban J connectivity index is 2.23. The van der Waals surface area contributed by atoms with Crippen molar-refractivity contribution < 1.29 is 0 Å². The van der Waals surface area contributed by atoms with Gasteiger partial charge < -0.3 is 0 Å². The second-order valence-corrected chi connectivity index (χ2v) is 3.94. The average molecular weight is 228 g/mol. The van der Waals surface area contributed by atoms with Crippen LogP contribution in [0.15, 0.2) is 53.9 Å². The smallest absolute Gasteiger partial charge is 0.213 e. The van der Waals surface area contributed by atoms with Gasteiger partial charge >= 0.3 is 0 Å². The Bertz CT molecular complexity index is 669. The van der Waals surface area contributed by atoms with Gasteiger partial charge in [-0.15, -0.1) is 0 Å². The van der Waals surface area contributed by atoms with E-state index < -0.39 is 0 Å². The Kier molecular flexibility index (Phi) is 2.23. The summed E-state index contributed by atoms with van der Waals surface area (Å²) in [5, 5.41) is 0. The van der Waals surface area contributed by atoms with Gasteiger partial charge in [-0.1, -0.05) is 6.07 Å². The number of fused-ring (bicyclic) bond motifs is 1. The molecule has 0 radical (unpaired) electrons. The first-order valence-corrected chi connectivity index (χ1v) is 5.59. The number of pyridine rings is 2. The highest BCUT2D eigenvalue weighted by Crippen LogP contribution is 2.07. The van der Waals surface area contributed by atoms with Crippen molar-refractivity contribution in [3.8, 4) is 0 Å². The minimum atomic E-state index is 0.863. The normalized spacial score (nSPS) is 12.1. The summed E-state index contributed by atoms with van der Waals surface area (Å²) in [6, 6.07) is 9.63. The quantitative estimate of drug-likeness (QED) is 0.639. The molecule has 0 aliphatic rings. The number of nitrogens with zero attached hydrogens (tertiary/aromatic N) is 4. The van der Waals surface area contributed by atoms with Gasteiger partial charge in [-0.25, -0.2) is 4.99 Å². The molecular weight excluding hydrogens is 220 g/mol. The summed E-state index contributed by atoms with van der Waals surface area (Å²) in [7, 11) is 0. The van der Waals surface area contributed by atoms with Crippen LogP contribution in [0.1, 0.15) is 0 Å². The molecule has 0 aromatic carbocycles. The largest absolute Gasteiger partial charge is 0.275 e. The van der Waals surface area contributed by atoms with E-state index >= 15 is 0 Å². The van der Waals surface area contributed by atoms with Crippen molar-refractivity contribution in [3.05, 3.63) is 53.7 Å². The summed E-state index contributed by atoms with van der Waals surface area (Å²) in [5.74, 6) is 0. The van der Waals surface area contributed by atoms with E-state index in [0.717, 1.165) is 16.1 Å².